The molecule has 0 spiro atoms. The number of anilines is 1. The van der Waals surface area contributed by atoms with Crippen LogP contribution in [-0.2, 0) is 0 Å². The second kappa shape index (κ2) is 5.19. The highest BCUT2D eigenvalue weighted by Crippen LogP contribution is 2.22. The minimum Gasteiger partial charge on any atom is -0.477 e. The molecule has 0 aliphatic carbocycles. The van der Waals surface area contributed by atoms with Gasteiger partial charge in [-0.05, 0) is 12.1 Å². The van der Waals surface area contributed by atoms with Crippen LogP contribution in [-0.4, -0.2) is 32.2 Å². The fourth-order valence-corrected chi connectivity index (χ4v) is 2.06. The molecular formula is C11H12N4O3S. The number of aromatic carboxylic acids is 1. The Labute approximate surface area is 112 Å². The van der Waals surface area contributed by atoms with Gasteiger partial charge in [0.1, 0.15) is 10.7 Å². The lowest BCUT2D eigenvalue weighted by Gasteiger charge is -1.97. The molecule has 100 valence electrons. The molecule has 1 amide bonds. The van der Waals surface area contributed by atoms with E-state index in [4.69, 9.17) is 5.11 Å². The fourth-order valence-electron chi connectivity index (χ4n) is 1.32. The highest BCUT2D eigenvalue weighted by atomic mass is 32.1. The minimum atomic E-state index is -1.02. The van der Waals surface area contributed by atoms with Gasteiger partial charge in [-0.25, -0.2) is 9.78 Å². The number of carboxylic acids is 1. The van der Waals surface area contributed by atoms with Crippen molar-refractivity contribution in [2.24, 2.45) is 0 Å². The lowest BCUT2D eigenvalue weighted by atomic mass is 10.2. The van der Waals surface area contributed by atoms with Gasteiger partial charge in [-0.3, -0.25) is 9.89 Å². The molecule has 0 saturated heterocycles. The molecule has 0 unspecified atom stereocenters. The number of amides is 1. The lowest BCUT2D eigenvalue weighted by Crippen LogP contribution is -2.12. The number of nitrogens with zero attached hydrogens (tertiary/aromatic N) is 2. The Balaban J connectivity index is 2.09. The summed E-state index contributed by atoms with van der Waals surface area (Å²) in [5, 5.41) is 18.3. The summed E-state index contributed by atoms with van der Waals surface area (Å²) in [6, 6.07) is 2.96. The van der Waals surface area contributed by atoms with E-state index >= 15 is 0 Å². The van der Waals surface area contributed by atoms with Crippen molar-refractivity contribution in [3.8, 4) is 0 Å². The highest BCUT2D eigenvalue weighted by Gasteiger charge is 2.15. The van der Waals surface area contributed by atoms with E-state index in [2.05, 4.69) is 20.5 Å². The molecule has 0 aliphatic rings. The number of aromatic amines is 1. The topological polar surface area (TPSA) is 108 Å². The number of nitrogens with one attached hydrogen (secondary N) is 2. The van der Waals surface area contributed by atoms with Crippen molar-refractivity contribution < 1.29 is 14.7 Å². The van der Waals surface area contributed by atoms with Crippen molar-refractivity contribution in [1.82, 2.24) is 15.2 Å². The number of carboxylic acid groups (broad SMARTS) is 1. The summed E-state index contributed by atoms with van der Waals surface area (Å²) in [6.45, 7) is 3.86. The van der Waals surface area contributed by atoms with Crippen molar-refractivity contribution in [1.29, 1.82) is 0 Å². The number of thiophene rings is 1. The molecule has 0 bridgehead atoms. The zero-order chi connectivity index (χ0) is 14.0. The number of H-pyrrole nitrogens is 1. The molecule has 3 N–H and O–H groups in total. The molecule has 2 rings (SSSR count). The van der Waals surface area contributed by atoms with E-state index in [1.54, 1.807) is 0 Å². The molecule has 0 radical (unpaired) electrons. The standard InChI is InChI=1S/C11H12N4O3S/c1-5(2)8-13-9(15-14-8)10(16)12-7-4-3-6(19-7)11(17)18/h3-5H,1-2H3,(H,12,16)(H,17,18)(H,13,14,15). The summed E-state index contributed by atoms with van der Waals surface area (Å²) in [4.78, 5) is 26.8. The van der Waals surface area contributed by atoms with Crippen LogP contribution >= 0.6 is 11.3 Å². The van der Waals surface area contributed by atoms with Crippen molar-refractivity contribution in [2.45, 2.75) is 19.8 Å². The van der Waals surface area contributed by atoms with Crippen LogP contribution in [0.25, 0.3) is 0 Å². The molecular weight excluding hydrogens is 268 g/mol. The average molecular weight is 280 g/mol. The first-order valence-corrected chi connectivity index (χ1v) is 6.36. The number of rotatable bonds is 4. The van der Waals surface area contributed by atoms with Gasteiger partial charge in [0.25, 0.3) is 5.91 Å². The van der Waals surface area contributed by atoms with E-state index in [0.29, 0.717) is 10.8 Å². The third kappa shape index (κ3) is 2.97. The first-order chi connectivity index (χ1) is 8.97. The maximum Gasteiger partial charge on any atom is 0.345 e. The molecule has 2 aromatic heterocycles. The van der Waals surface area contributed by atoms with Crippen LogP contribution in [0.5, 0.6) is 0 Å². The molecule has 8 heteroatoms. The van der Waals surface area contributed by atoms with Gasteiger partial charge in [-0.15, -0.1) is 16.4 Å². The van der Waals surface area contributed by atoms with Crippen LogP contribution in [0, 0.1) is 0 Å². The Kier molecular flexibility index (Phi) is 3.61. The Bertz CT molecular complexity index is 617. The zero-order valence-corrected chi connectivity index (χ0v) is 11.1. The maximum atomic E-state index is 11.8. The predicted molar refractivity (Wildman–Crippen MR) is 69.7 cm³/mol. The average Bonchev–Trinajstić information content (AvgIpc) is 2.96. The van der Waals surface area contributed by atoms with Gasteiger partial charge in [0.05, 0.1) is 5.00 Å². The van der Waals surface area contributed by atoms with Crippen LogP contribution in [0.3, 0.4) is 0 Å². The monoisotopic (exact) mass is 280 g/mol. The van der Waals surface area contributed by atoms with E-state index in [1.165, 1.54) is 12.1 Å². The van der Waals surface area contributed by atoms with E-state index in [0.717, 1.165) is 11.3 Å². The third-order valence-electron chi connectivity index (χ3n) is 2.31. The van der Waals surface area contributed by atoms with Crippen molar-refractivity contribution >= 4 is 28.2 Å². The van der Waals surface area contributed by atoms with Crippen molar-refractivity contribution in [2.75, 3.05) is 5.32 Å². The van der Waals surface area contributed by atoms with Gasteiger partial charge >= 0.3 is 5.97 Å². The molecule has 2 aromatic rings. The summed E-state index contributed by atoms with van der Waals surface area (Å²) >= 11 is 0.980. The van der Waals surface area contributed by atoms with Gasteiger partial charge in [0, 0.05) is 5.92 Å². The second-order valence-corrected chi connectivity index (χ2v) is 5.21. The number of aromatic nitrogens is 3. The van der Waals surface area contributed by atoms with E-state index in [9.17, 15) is 9.59 Å². The molecule has 0 aliphatic heterocycles. The Morgan fingerprint density at radius 1 is 1.42 bits per heavy atom. The minimum absolute atomic E-state index is 0.0361. The maximum absolute atomic E-state index is 11.8. The quantitative estimate of drug-likeness (QED) is 0.793. The molecule has 0 aromatic carbocycles. The number of hydrogen-bond donors (Lipinski definition) is 3. The van der Waals surface area contributed by atoms with Crippen LogP contribution < -0.4 is 5.32 Å². The van der Waals surface area contributed by atoms with Gasteiger partial charge in [0.2, 0.25) is 5.82 Å². The molecule has 2 heterocycles. The summed E-state index contributed by atoms with van der Waals surface area (Å²) in [7, 11) is 0. The lowest BCUT2D eigenvalue weighted by molar-refractivity contribution is 0.0702. The van der Waals surface area contributed by atoms with Crippen molar-refractivity contribution in [3.63, 3.8) is 0 Å². The Hall–Kier alpha value is -2.22. The van der Waals surface area contributed by atoms with E-state index < -0.39 is 11.9 Å². The number of carbonyl (C=O) groups is 2. The Morgan fingerprint density at radius 3 is 2.68 bits per heavy atom. The normalized spacial score (nSPS) is 10.7. The van der Waals surface area contributed by atoms with Gasteiger partial charge in [-0.1, -0.05) is 13.8 Å². The van der Waals surface area contributed by atoms with Crippen LogP contribution in [0.4, 0.5) is 5.00 Å². The SMILES string of the molecule is CC(C)c1nc(C(=O)Nc2ccc(C(=O)O)s2)n[nH]1. The number of hydrogen-bond acceptors (Lipinski definition) is 5. The van der Waals surface area contributed by atoms with Gasteiger partial charge in [-0.2, -0.15) is 0 Å². The smallest absolute Gasteiger partial charge is 0.345 e. The third-order valence-corrected chi connectivity index (χ3v) is 3.29. The summed E-state index contributed by atoms with van der Waals surface area (Å²) in [5.74, 6) is -0.682. The molecule has 0 atom stereocenters. The van der Waals surface area contributed by atoms with Crippen LogP contribution in [0.2, 0.25) is 0 Å². The predicted octanol–water partition coefficient (Wildman–Crippen LogP) is 1.94. The van der Waals surface area contributed by atoms with Gasteiger partial charge < -0.3 is 10.4 Å². The number of carbonyl (C=O) groups excluding carboxylic acids is 1. The highest BCUT2D eigenvalue weighted by molar-refractivity contribution is 7.18. The first kappa shape index (κ1) is 13.2. The molecule has 0 fully saturated rings. The molecule has 19 heavy (non-hydrogen) atoms. The molecule has 0 saturated carbocycles. The second-order valence-electron chi connectivity index (χ2n) is 4.12. The van der Waals surface area contributed by atoms with Crippen LogP contribution in [0.1, 0.15) is 45.9 Å². The molecule has 7 nitrogen and oxygen atoms in total. The van der Waals surface area contributed by atoms with Crippen LogP contribution in [0.15, 0.2) is 12.1 Å². The largest absolute Gasteiger partial charge is 0.477 e. The first-order valence-electron chi connectivity index (χ1n) is 5.54. The van der Waals surface area contributed by atoms with E-state index in [1.807, 2.05) is 13.8 Å². The summed E-state index contributed by atoms with van der Waals surface area (Å²) in [6.07, 6.45) is 0. The van der Waals surface area contributed by atoms with Crippen molar-refractivity contribution in [3.05, 3.63) is 28.7 Å². The van der Waals surface area contributed by atoms with Gasteiger partial charge in [0.15, 0.2) is 0 Å². The zero-order valence-electron chi connectivity index (χ0n) is 10.3. The summed E-state index contributed by atoms with van der Waals surface area (Å²) < 4.78 is 0. The van der Waals surface area contributed by atoms with E-state index in [-0.39, 0.29) is 16.6 Å². The fraction of sp³-hybridized carbons (Fsp3) is 0.273. The Morgan fingerprint density at radius 2 is 2.16 bits per heavy atom. The summed E-state index contributed by atoms with van der Waals surface area (Å²) in [5.41, 5.74) is 0.